The average molecular weight is 489 g/mol. The fourth-order valence-corrected chi connectivity index (χ4v) is 4.95. The minimum absolute atomic E-state index is 0.0956. The molecule has 2 amide bonds. The van der Waals surface area contributed by atoms with Crippen molar-refractivity contribution >= 4 is 23.2 Å². The number of carbonyl (C=O) groups excluding carboxylic acids is 2. The number of nitrogens with zero attached hydrogens (tertiary/aromatic N) is 4. The Balaban J connectivity index is 1.35. The van der Waals surface area contributed by atoms with E-state index in [1.807, 2.05) is 25.2 Å². The van der Waals surface area contributed by atoms with Crippen LogP contribution in [-0.4, -0.2) is 53.4 Å². The summed E-state index contributed by atoms with van der Waals surface area (Å²) in [6.07, 6.45) is 5.58. The molecule has 1 fully saturated rings. The molecule has 0 radical (unpaired) electrons. The highest BCUT2D eigenvalue weighted by molar-refractivity contribution is 5.98. The van der Waals surface area contributed by atoms with Gasteiger partial charge in [0, 0.05) is 55.6 Å². The lowest BCUT2D eigenvalue weighted by molar-refractivity contribution is -0.118. The van der Waals surface area contributed by atoms with Gasteiger partial charge in [-0.15, -0.1) is 0 Å². The van der Waals surface area contributed by atoms with Gasteiger partial charge < -0.3 is 20.9 Å². The number of aromatic nitrogens is 2. The maximum atomic E-state index is 14.5. The third-order valence-corrected chi connectivity index (χ3v) is 6.95. The van der Waals surface area contributed by atoms with E-state index in [0.717, 1.165) is 42.9 Å². The van der Waals surface area contributed by atoms with Crippen LogP contribution in [0.15, 0.2) is 48.8 Å². The lowest BCUT2D eigenvalue weighted by Crippen LogP contribution is -2.32. The fourth-order valence-electron chi connectivity index (χ4n) is 4.95. The zero-order valence-corrected chi connectivity index (χ0v) is 20.2. The third-order valence-electron chi connectivity index (χ3n) is 6.95. The first-order valence-electron chi connectivity index (χ1n) is 12.2. The van der Waals surface area contributed by atoms with Crippen molar-refractivity contribution in [2.75, 3.05) is 36.9 Å². The topological polar surface area (TPSA) is 104 Å². The Hall–Kier alpha value is -3.85. The first kappa shape index (κ1) is 23.9. The number of benzene rings is 1. The summed E-state index contributed by atoms with van der Waals surface area (Å²) < 4.78 is 14.5. The summed E-state index contributed by atoms with van der Waals surface area (Å²) >= 11 is 0. The van der Waals surface area contributed by atoms with Crippen LogP contribution in [-0.2, 0) is 17.6 Å². The largest absolute Gasteiger partial charge is 0.377 e. The number of fused-ring (bicyclic) bond motifs is 1. The van der Waals surface area contributed by atoms with Gasteiger partial charge in [-0.05, 0) is 49.7 Å². The molecule has 1 aromatic carbocycles. The summed E-state index contributed by atoms with van der Waals surface area (Å²) in [6.45, 7) is 2.20. The molecule has 8 nitrogen and oxygen atoms in total. The summed E-state index contributed by atoms with van der Waals surface area (Å²) in [5.74, 6) is -0.756. The molecule has 1 unspecified atom stereocenters. The van der Waals surface area contributed by atoms with Gasteiger partial charge in [0.15, 0.2) is 0 Å². The number of rotatable bonds is 6. The molecule has 0 spiro atoms. The number of hydrogen-bond donors (Lipinski definition) is 2. The van der Waals surface area contributed by atoms with E-state index in [9.17, 15) is 14.0 Å². The highest BCUT2D eigenvalue weighted by Gasteiger charge is 2.27. The monoisotopic (exact) mass is 488 g/mol. The van der Waals surface area contributed by atoms with E-state index in [1.54, 1.807) is 23.2 Å². The van der Waals surface area contributed by atoms with Crippen LogP contribution in [0.4, 0.5) is 15.8 Å². The van der Waals surface area contributed by atoms with Gasteiger partial charge in [0.05, 0.1) is 29.2 Å². The van der Waals surface area contributed by atoms with Crippen molar-refractivity contribution in [2.45, 2.75) is 31.7 Å². The summed E-state index contributed by atoms with van der Waals surface area (Å²) in [4.78, 5) is 37.4. The molecule has 3 heterocycles. The van der Waals surface area contributed by atoms with Crippen LogP contribution in [0.1, 0.15) is 51.8 Å². The van der Waals surface area contributed by atoms with Crippen molar-refractivity contribution in [3.8, 4) is 0 Å². The lowest BCUT2D eigenvalue weighted by atomic mass is 10.1. The summed E-state index contributed by atoms with van der Waals surface area (Å²) in [7, 11) is 2.01. The summed E-state index contributed by atoms with van der Waals surface area (Å²) in [5.41, 5.74) is 10.2. The number of aryl methyl sites for hydroxylation is 1. The number of halogens is 1. The Kier molecular flexibility index (Phi) is 6.65. The van der Waals surface area contributed by atoms with Gasteiger partial charge in [-0.2, -0.15) is 0 Å². The number of nitrogens with two attached hydrogens (primary N) is 1. The minimum Gasteiger partial charge on any atom is -0.377 e. The molecule has 9 heteroatoms. The molecular formula is C27H29FN6O2. The van der Waals surface area contributed by atoms with E-state index in [2.05, 4.69) is 20.2 Å². The molecule has 3 aromatic rings. The number of nitrogens with one attached hydrogen (secondary N) is 1. The first-order chi connectivity index (χ1) is 17.4. The van der Waals surface area contributed by atoms with E-state index in [1.165, 1.54) is 12.3 Å². The van der Waals surface area contributed by atoms with Crippen molar-refractivity contribution in [1.82, 2.24) is 14.9 Å². The maximum Gasteiger partial charge on any atom is 0.252 e. The maximum absolute atomic E-state index is 14.5. The number of carbonyl (C=O) groups is 2. The van der Waals surface area contributed by atoms with Crippen LogP contribution < -0.4 is 16.0 Å². The van der Waals surface area contributed by atoms with Gasteiger partial charge in [0.1, 0.15) is 5.82 Å². The highest BCUT2D eigenvalue weighted by atomic mass is 19.1. The first-order valence-corrected chi connectivity index (χ1v) is 12.2. The summed E-state index contributed by atoms with van der Waals surface area (Å²) in [6, 6.07) is 10.4. The van der Waals surface area contributed by atoms with Crippen LogP contribution in [0, 0.1) is 5.82 Å². The Morgan fingerprint density at radius 3 is 2.72 bits per heavy atom. The van der Waals surface area contributed by atoms with Crippen LogP contribution in [0.5, 0.6) is 0 Å². The molecule has 1 aliphatic carbocycles. The Morgan fingerprint density at radius 1 is 1.11 bits per heavy atom. The predicted octanol–water partition coefficient (Wildman–Crippen LogP) is 3.07. The van der Waals surface area contributed by atoms with Crippen molar-refractivity contribution in [2.24, 2.45) is 5.73 Å². The Bertz CT molecular complexity index is 1300. The number of amides is 2. The summed E-state index contributed by atoms with van der Waals surface area (Å²) in [5, 5.41) is 3.33. The molecule has 3 N–H and O–H groups in total. The minimum atomic E-state index is -0.599. The van der Waals surface area contributed by atoms with Gasteiger partial charge >= 0.3 is 0 Å². The predicted molar refractivity (Wildman–Crippen MR) is 135 cm³/mol. The molecule has 1 saturated heterocycles. The molecule has 1 aliphatic heterocycles. The second-order valence-corrected chi connectivity index (χ2v) is 9.42. The zero-order valence-electron chi connectivity index (χ0n) is 20.2. The van der Waals surface area contributed by atoms with E-state index in [-0.39, 0.29) is 23.3 Å². The quantitative estimate of drug-likeness (QED) is 0.553. The number of likely N-dealkylation sites (N-methyl/N-ethyl adjacent to an activating group) is 1. The van der Waals surface area contributed by atoms with Crippen LogP contribution >= 0.6 is 0 Å². The molecule has 0 bridgehead atoms. The molecular weight excluding hydrogens is 459 g/mol. The van der Waals surface area contributed by atoms with Gasteiger partial charge in [-0.25, -0.2) is 4.39 Å². The SMILES string of the molecule is CN1CCC(=O)N(c2ccc(Cc3cc(NC4CCc5cccc(F)c54)c(C(N)=O)cn3)nc2)CC1. The molecule has 1 atom stereocenters. The van der Waals surface area contributed by atoms with Gasteiger partial charge in [-0.1, -0.05) is 12.1 Å². The Labute approximate surface area is 209 Å². The highest BCUT2D eigenvalue weighted by Crippen LogP contribution is 2.36. The second-order valence-electron chi connectivity index (χ2n) is 9.42. The van der Waals surface area contributed by atoms with E-state index in [4.69, 9.17) is 5.73 Å². The van der Waals surface area contributed by atoms with Crippen molar-refractivity contribution in [1.29, 1.82) is 0 Å². The van der Waals surface area contributed by atoms with Crippen molar-refractivity contribution in [3.05, 3.63) is 82.7 Å². The second kappa shape index (κ2) is 10.0. The normalized spacial score (nSPS) is 18.1. The number of primary amides is 1. The van der Waals surface area contributed by atoms with Gasteiger partial charge in [-0.3, -0.25) is 19.6 Å². The molecule has 186 valence electrons. The van der Waals surface area contributed by atoms with Crippen LogP contribution in [0.3, 0.4) is 0 Å². The molecule has 0 saturated carbocycles. The molecule has 2 aliphatic rings. The van der Waals surface area contributed by atoms with E-state index >= 15 is 0 Å². The van der Waals surface area contributed by atoms with Crippen molar-refractivity contribution < 1.29 is 14.0 Å². The lowest BCUT2D eigenvalue weighted by Gasteiger charge is -2.20. The van der Waals surface area contributed by atoms with Crippen LogP contribution in [0.2, 0.25) is 0 Å². The van der Waals surface area contributed by atoms with E-state index < -0.39 is 5.91 Å². The number of pyridine rings is 2. The standard InChI is InChI=1S/C27H29FN6O2/c1-33-10-9-25(35)34(12-11-33)20-7-6-18(30-15-20)13-19-14-24(21(16-31-19)27(29)36)32-23-8-5-17-3-2-4-22(28)26(17)23/h2-4,6-7,14-16,23H,5,8-13H2,1H3,(H2,29,36)(H,31,32). The number of hydrogen-bond acceptors (Lipinski definition) is 6. The molecule has 2 aromatic heterocycles. The van der Waals surface area contributed by atoms with Crippen molar-refractivity contribution in [3.63, 3.8) is 0 Å². The van der Waals surface area contributed by atoms with Gasteiger partial charge in [0.2, 0.25) is 5.91 Å². The molecule has 5 rings (SSSR count). The number of anilines is 2. The zero-order chi connectivity index (χ0) is 25.2. The molecule has 36 heavy (non-hydrogen) atoms. The Morgan fingerprint density at radius 2 is 1.94 bits per heavy atom. The average Bonchev–Trinajstić information content (AvgIpc) is 3.19. The third kappa shape index (κ3) is 4.92. The van der Waals surface area contributed by atoms with Crippen LogP contribution in [0.25, 0.3) is 0 Å². The smallest absolute Gasteiger partial charge is 0.252 e. The fraction of sp³-hybridized carbons (Fsp3) is 0.333. The van der Waals surface area contributed by atoms with Gasteiger partial charge in [0.25, 0.3) is 5.91 Å². The van der Waals surface area contributed by atoms with E-state index in [0.29, 0.717) is 36.3 Å².